The smallest absolute Gasteiger partial charge is 0.361 e. The molecule has 0 amide bonds. The lowest BCUT2D eigenvalue weighted by atomic mass is 10.0. The van der Waals surface area contributed by atoms with Gasteiger partial charge in [-0.3, -0.25) is 9.59 Å². The maximum absolute atomic E-state index is 13.0. The summed E-state index contributed by atoms with van der Waals surface area (Å²) in [5.74, 6) is -2.01. The van der Waals surface area contributed by atoms with Crippen LogP contribution >= 0.6 is 0 Å². The van der Waals surface area contributed by atoms with E-state index >= 15 is 0 Å². The molecule has 1 N–H and O–H groups in total. The van der Waals surface area contributed by atoms with Crippen molar-refractivity contribution in [2.45, 2.75) is 360 Å². The van der Waals surface area contributed by atoms with Gasteiger partial charge in [0.05, 0.1) is 34.4 Å². The van der Waals surface area contributed by atoms with Crippen molar-refractivity contribution >= 4 is 17.9 Å². The first-order valence-corrected chi connectivity index (χ1v) is 39.7. The van der Waals surface area contributed by atoms with E-state index in [4.69, 9.17) is 18.9 Å². The predicted octanol–water partition coefficient (Wildman–Crippen LogP) is 25.5. The number of carboxylic acid groups (broad SMARTS) is 1. The minimum atomic E-state index is -1.52. The summed E-state index contributed by atoms with van der Waals surface area (Å²) in [5.41, 5.74) is 0. The van der Waals surface area contributed by atoms with Gasteiger partial charge in [0.1, 0.15) is 13.2 Å². The Kier molecular flexibility index (Phi) is 72.0. The Morgan fingerprint density at radius 1 is 0.326 bits per heavy atom. The summed E-state index contributed by atoms with van der Waals surface area (Å²) in [5, 5.41) is 9.77. The second-order valence-corrected chi connectivity index (χ2v) is 27.6. The van der Waals surface area contributed by atoms with Gasteiger partial charge in [-0.25, -0.2) is 4.79 Å². The first-order chi connectivity index (χ1) is 46.6. The fourth-order valence-corrected chi connectivity index (χ4v) is 11.2. The summed E-state index contributed by atoms with van der Waals surface area (Å²) in [6.45, 7) is 4.76. The largest absolute Gasteiger partial charge is 0.477 e. The van der Waals surface area contributed by atoms with Crippen LogP contribution in [-0.4, -0.2) is 87.4 Å². The SMILES string of the molecule is CC/C=C\C/C=C\C/C=C\C/C=C\C/C=C\C/C=C\C/C=C\CCCCCCCCCC(=O)OC(COC(=O)CCCCCCCCCCCCCCCCCCCCCCCCCCCC/C=C\C/C=C\C/C=C\CCCCCCC)COC(OCC[N+](C)(C)C)C(=O)O. The van der Waals surface area contributed by atoms with E-state index < -0.39 is 24.3 Å². The second kappa shape index (κ2) is 75.5. The molecule has 2 unspecified atom stereocenters. The van der Waals surface area contributed by atoms with Crippen molar-refractivity contribution < 1.29 is 42.9 Å². The molecule has 0 aromatic rings. The van der Waals surface area contributed by atoms with Crippen molar-refractivity contribution in [3.63, 3.8) is 0 Å². The minimum absolute atomic E-state index is 0.181. The van der Waals surface area contributed by atoms with E-state index in [2.05, 4.69) is 135 Å². The number of rotatable bonds is 73. The van der Waals surface area contributed by atoms with Gasteiger partial charge in [0.25, 0.3) is 6.29 Å². The van der Waals surface area contributed by atoms with Crippen LogP contribution in [0.15, 0.2) is 122 Å². The quantitative estimate of drug-likeness (QED) is 0.0211. The highest BCUT2D eigenvalue weighted by Crippen LogP contribution is 2.18. The lowest BCUT2D eigenvalue weighted by Crippen LogP contribution is -2.40. The zero-order valence-corrected chi connectivity index (χ0v) is 62.6. The van der Waals surface area contributed by atoms with E-state index in [0.717, 1.165) is 103 Å². The molecule has 0 radical (unpaired) electrons. The lowest BCUT2D eigenvalue weighted by molar-refractivity contribution is -0.870. The topological polar surface area (TPSA) is 108 Å². The molecule has 95 heavy (non-hydrogen) atoms. The number of hydrogen-bond acceptors (Lipinski definition) is 7. The molecular weight excluding hydrogens is 1170 g/mol. The number of ether oxygens (including phenoxy) is 4. The standard InChI is InChI=1S/C86H149NO8/c1-6-8-10-12-14-16-18-20-22-24-26-28-30-32-34-36-37-38-39-40-41-42-43-44-45-46-47-49-50-52-54-56-58-60-62-64-66-68-70-72-74-76-83(88)93-80-82(81-94-86(85(90)91)92-79-78-87(3,4)5)95-84(89)77-75-73-71-69-67-65-63-61-59-57-55-53-51-48-35-33-31-29-27-25-23-21-19-17-15-13-11-9-7-2/h9,11,15,17-18,20-21,23-24,26-27,29-30,32-33,35,51,53,57,59,82,86H,6-8,10,12-14,16,19,22,25,28,31,34,36-50,52,54-56,58,60-81H2,1-5H3/p+1/b11-9-,17-15-,20-18-,23-21-,26-24-,29-27-,32-30-,35-33-,53-51-,59-57-. The molecule has 0 aromatic heterocycles. The van der Waals surface area contributed by atoms with Gasteiger partial charge in [0.2, 0.25) is 0 Å². The van der Waals surface area contributed by atoms with Gasteiger partial charge >= 0.3 is 17.9 Å². The highest BCUT2D eigenvalue weighted by Gasteiger charge is 2.25. The van der Waals surface area contributed by atoms with Crippen molar-refractivity contribution in [1.82, 2.24) is 0 Å². The van der Waals surface area contributed by atoms with E-state index in [-0.39, 0.29) is 32.2 Å². The molecule has 0 aliphatic carbocycles. The lowest BCUT2D eigenvalue weighted by Gasteiger charge is -2.25. The Bertz CT molecular complexity index is 1980. The normalized spacial score (nSPS) is 13.3. The third-order valence-corrected chi connectivity index (χ3v) is 17.2. The number of nitrogens with zero attached hydrogens (tertiary/aromatic N) is 1. The fraction of sp³-hybridized carbons (Fsp3) is 0.733. The monoisotopic (exact) mass is 1330 g/mol. The molecule has 0 aliphatic heterocycles. The molecule has 0 spiro atoms. The van der Waals surface area contributed by atoms with Crippen LogP contribution in [0.5, 0.6) is 0 Å². The number of allylic oxidation sites excluding steroid dienone is 20. The van der Waals surface area contributed by atoms with Gasteiger partial charge in [0, 0.05) is 12.8 Å². The maximum Gasteiger partial charge on any atom is 0.361 e. The number of hydrogen-bond donors (Lipinski definition) is 1. The molecule has 546 valence electrons. The summed E-state index contributed by atoms with van der Waals surface area (Å²) in [6.07, 6.45) is 105. The van der Waals surface area contributed by atoms with Gasteiger partial charge in [-0.1, -0.05) is 347 Å². The molecular formula is C86H150NO8+. The number of aliphatic carboxylic acids is 1. The summed E-state index contributed by atoms with van der Waals surface area (Å²) in [7, 11) is 5.98. The zero-order chi connectivity index (χ0) is 69.0. The average molecular weight is 1330 g/mol. The van der Waals surface area contributed by atoms with Crippen LogP contribution in [0, 0.1) is 0 Å². The summed E-state index contributed by atoms with van der Waals surface area (Å²) in [6, 6.07) is 0. The molecule has 9 heteroatoms. The number of carbonyl (C=O) groups is 3. The van der Waals surface area contributed by atoms with Crippen molar-refractivity contribution in [3.05, 3.63) is 122 Å². The zero-order valence-electron chi connectivity index (χ0n) is 62.6. The van der Waals surface area contributed by atoms with E-state index in [0.29, 0.717) is 23.9 Å². The molecule has 0 fully saturated rings. The number of carboxylic acids is 1. The highest BCUT2D eigenvalue weighted by atomic mass is 16.7. The van der Waals surface area contributed by atoms with Crippen LogP contribution in [0.4, 0.5) is 0 Å². The molecule has 0 aliphatic rings. The molecule has 0 rings (SSSR count). The average Bonchev–Trinajstić information content (AvgIpc) is 2.86. The molecule has 0 heterocycles. The number of likely N-dealkylation sites (N-methyl/N-ethyl adjacent to an activating group) is 1. The first-order valence-electron chi connectivity index (χ1n) is 39.7. The van der Waals surface area contributed by atoms with Crippen molar-refractivity contribution in [2.24, 2.45) is 0 Å². The maximum atomic E-state index is 13.0. The number of esters is 2. The van der Waals surface area contributed by atoms with Crippen LogP contribution < -0.4 is 0 Å². The highest BCUT2D eigenvalue weighted by molar-refractivity contribution is 5.71. The molecule has 2 atom stereocenters. The molecule has 0 saturated heterocycles. The first kappa shape index (κ1) is 90.7. The molecule has 0 aromatic carbocycles. The van der Waals surface area contributed by atoms with Crippen molar-refractivity contribution in [2.75, 3.05) is 47.5 Å². The van der Waals surface area contributed by atoms with Crippen molar-refractivity contribution in [1.29, 1.82) is 0 Å². The molecule has 0 bridgehead atoms. The predicted molar refractivity (Wildman–Crippen MR) is 410 cm³/mol. The Morgan fingerprint density at radius 3 is 0.895 bits per heavy atom. The number of quaternary nitrogens is 1. The third-order valence-electron chi connectivity index (χ3n) is 17.2. The van der Waals surface area contributed by atoms with E-state index in [9.17, 15) is 19.5 Å². The third kappa shape index (κ3) is 76.9. The van der Waals surface area contributed by atoms with E-state index in [1.807, 2.05) is 21.1 Å². The van der Waals surface area contributed by atoms with Crippen LogP contribution in [0.3, 0.4) is 0 Å². The van der Waals surface area contributed by atoms with Gasteiger partial charge in [-0.05, 0) is 109 Å². The van der Waals surface area contributed by atoms with Crippen molar-refractivity contribution in [3.8, 4) is 0 Å². The molecule has 0 saturated carbocycles. The Balaban J connectivity index is 4.02. The number of carbonyl (C=O) groups excluding carboxylic acids is 2. The van der Waals surface area contributed by atoms with Gasteiger partial charge in [0.15, 0.2) is 6.10 Å². The van der Waals surface area contributed by atoms with E-state index in [1.54, 1.807) is 0 Å². The Labute approximate surface area is 587 Å². The number of unbranched alkanes of at least 4 members (excludes halogenated alkanes) is 38. The van der Waals surface area contributed by atoms with Crippen LogP contribution in [0.2, 0.25) is 0 Å². The minimum Gasteiger partial charge on any atom is -0.477 e. The summed E-state index contributed by atoms with van der Waals surface area (Å²) < 4.78 is 23.0. The van der Waals surface area contributed by atoms with Gasteiger partial charge < -0.3 is 28.5 Å². The van der Waals surface area contributed by atoms with Gasteiger partial charge in [-0.15, -0.1) is 0 Å². The summed E-state index contributed by atoms with van der Waals surface area (Å²) in [4.78, 5) is 37.7. The van der Waals surface area contributed by atoms with Gasteiger partial charge in [-0.2, -0.15) is 0 Å². The van der Waals surface area contributed by atoms with Crippen LogP contribution in [0.25, 0.3) is 0 Å². The molecule has 9 nitrogen and oxygen atoms in total. The Morgan fingerprint density at radius 2 is 0.600 bits per heavy atom. The van der Waals surface area contributed by atoms with Crippen LogP contribution in [0.1, 0.15) is 348 Å². The summed E-state index contributed by atoms with van der Waals surface area (Å²) >= 11 is 0. The van der Waals surface area contributed by atoms with E-state index in [1.165, 1.54) is 212 Å². The second-order valence-electron chi connectivity index (χ2n) is 27.6. The fourth-order valence-electron chi connectivity index (χ4n) is 11.2. The van der Waals surface area contributed by atoms with Crippen LogP contribution in [-0.2, 0) is 33.3 Å². The Hall–Kier alpha value is -4.31.